The van der Waals surface area contributed by atoms with Crippen LogP contribution in [-0.4, -0.2) is 18.0 Å². The first-order valence-corrected chi connectivity index (χ1v) is 7.46. The minimum absolute atomic E-state index is 0.203. The molecule has 0 radical (unpaired) electrons. The number of nitrogens with zero attached hydrogens (tertiary/aromatic N) is 1. The van der Waals surface area contributed by atoms with Crippen molar-refractivity contribution in [1.82, 2.24) is 4.98 Å². The number of carbonyl (C=O) groups excluding carboxylic acids is 1. The fourth-order valence-electron chi connectivity index (χ4n) is 2.39. The Morgan fingerprint density at radius 3 is 2.78 bits per heavy atom. The van der Waals surface area contributed by atoms with Crippen LogP contribution in [0.4, 0.5) is 5.69 Å². The van der Waals surface area contributed by atoms with Gasteiger partial charge in [0.05, 0.1) is 18.3 Å². The molecule has 0 aliphatic heterocycles. The van der Waals surface area contributed by atoms with Crippen LogP contribution in [0.15, 0.2) is 48.7 Å². The van der Waals surface area contributed by atoms with E-state index < -0.39 is 0 Å². The van der Waals surface area contributed by atoms with E-state index in [1.54, 1.807) is 43.6 Å². The molecule has 0 fully saturated rings. The van der Waals surface area contributed by atoms with Crippen molar-refractivity contribution in [3.05, 3.63) is 64.8 Å². The number of ether oxygens (including phenoxy) is 1. The molecule has 0 unspecified atom stereocenters. The van der Waals surface area contributed by atoms with Crippen LogP contribution in [0.25, 0.3) is 10.9 Å². The van der Waals surface area contributed by atoms with Gasteiger partial charge in [-0.3, -0.25) is 9.78 Å². The highest BCUT2D eigenvalue weighted by Crippen LogP contribution is 2.25. The van der Waals surface area contributed by atoms with E-state index in [4.69, 9.17) is 16.3 Å². The van der Waals surface area contributed by atoms with Gasteiger partial charge in [-0.05, 0) is 48.9 Å². The van der Waals surface area contributed by atoms with Crippen molar-refractivity contribution in [1.29, 1.82) is 0 Å². The molecule has 4 nitrogen and oxygen atoms in total. The first-order chi connectivity index (χ1) is 11.1. The Morgan fingerprint density at radius 1 is 1.17 bits per heavy atom. The van der Waals surface area contributed by atoms with E-state index in [-0.39, 0.29) is 5.91 Å². The second-order valence-corrected chi connectivity index (χ2v) is 5.59. The number of halogens is 1. The highest BCUT2D eigenvalue weighted by Gasteiger charge is 2.11. The molecule has 2 aromatic carbocycles. The molecule has 0 saturated heterocycles. The van der Waals surface area contributed by atoms with Gasteiger partial charge < -0.3 is 10.1 Å². The quantitative estimate of drug-likeness (QED) is 0.773. The maximum Gasteiger partial charge on any atom is 0.255 e. The standard InChI is InChI=1S/C18H15ClN2O2/c1-11-3-4-12(9-17(11)23-2)18(22)21-15-7-8-20-16-10-13(19)5-6-14(15)16/h3-10H,1-2H3,(H,20,21,22). The SMILES string of the molecule is COc1cc(C(=O)Nc2ccnc3cc(Cl)ccc23)ccc1C. The summed E-state index contributed by atoms with van der Waals surface area (Å²) < 4.78 is 5.26. The highest BCUT2D eigenvalue weighted by molar-refractivity contribution is 6.31. The molecule has 23 heavy (non-hydrogen) atoms. The lowest BCUT2D eigenvalue weighted by Gasteiger charge is -2.10. The van der Waals surface area contributed by atoms with E-state index in [9.17, 15) is 4.79 Å². The van der Waals surface area contributed by atoms with E-state index in [1.165, 1.54) is 0 Å². The lowest BCUT2D eigenvalue weighted by Crippen LogP contribution is -2.12. The van der Waals surface area contributed by atoms with Crippen LogP contribution in [0.5, 0.6) is 5.75 Å². The number of anilines is 1. The second-order valence-electron chi connectivity index (χ2n) is 5.16. The normalized spacial score (nSPS) is 10.6. The van der Waals surface area contributed by atoms with Gasteiger partial charge >= 0.3 is 0 Å². The molecule has 1 N–H and O–H groups in total. The number of nitrogens with one attached hydrogen (secondary N) is 1. The minimum atomic E-state index is -0.203. The number of amides is 1. The van der Waals surface area contributed by atoms with Crippen LogP contribution in [0.2, 0.25) is 5.02 Å². The van der Waals surface area contributed by atoms with Gasteiger partial charge in [0, 0.05) is 22.2 Å². The van der Waals surface area contributed by atoms with Gasteiger partial charge in [-0.15, -0.1) is 0 Å². The van der Waals surface area contributed by atoms with Crippen molar-refractivity contribution in [3.8, 4) is 5.75 Å². The van der Waals surface area contributed by atoms with Gasteiger partial charge in [0.15, 0.2) is 0 Å². The second kappa shape index (κ2) is 6.26. The largest absolute Gasteiger partial charge is 0.496 e. The molecule has 116 valence electrons. The molecule has 0 aliphatic carbocycles. The number of methoxy groups -OCH3 is 1. The van der Waals surface area contributed by atoms with Crippen LogP contribution in [-0.2, 0) is 0 Å². The van der Waals surface area contributed by atoms with E-state index in [0.29, 0.717) is 22.0 Å². The summed E-state index contributed by atoms with van der Waals surface area (Å²) in [6.45, 7) is 1.93. The van der Waals surface area contributed by atoms with Crippen LogP contribution in [0.3, 0.4) is 0 Å². The summed E-state index contributed by atoms with van der Waals surface area (Å²) >= 11 is 5.98. The molecule has 0 atom stereocenters. The van der Waals surface area contributed by atoms with Crippen LogP contribution in [0, 0.1) is 6.92 Å². The van der Waals surface area contributed by atoms with E-state index >= 15 is 0 Å². The summed E-state index contributed by atoms with van der Waals surface area (Å²) in [5, 5.41) is 4.36. The summed E-state index contributed by atoms with van der Waals surface area (Å²) in [5.74, 6) is 0.481. The van der Waals surface area contributed by atoms with E-state index in [2.05, 4.69) is 10.3 Å². The predicted molar refractivity (Wildman–Crippen MR) is 92.4 cm³/mol. The van der Waals surface area contributed by atoms with Crippen LogP contribution in [0.1, 0.15) is 15.9 Å². The van der Waals surface area contributed by atoms with Gasteiger partial charge in [-0.25, -0.2) is 0 Å². The number of hydrogen-bond acceptors (Lipinski definition) is 3. The molecule has 1 amide bonds. The minimum Gasteiger partial charge on any atom is -0.496 e. The molecular formula is C18H15ClN2O2. The molecular weight excluding hydrogens is 312 g/mol. The zero-order valence-corrected chi connectivity index (χ0v) is 13.5. The predicted octanol–water partition coefficient (Wildman–Crippen LogP) is 4.46. The Labute approximate surface area is 139 Å². The molecule has 1 aromatic heterocycles. The van der Waals surface area contributed by atoms with Gasteiger partial charge in [-0.1, -0.05) is 17.7 Å². The summed E-state index contributed by atoms with van der Waals surface area (Å²) in [5.41, 5.74) is 2.94. The van der Waals surface area contributed by atoms with Crippen molar-refractivity contribution in [2.75, 3.05) is 12.4 Å². The van der Waals surface area contributed by atoms with E-state index in [0.717, 1.165) is 16.5 Å². The van der Waals surface area contributed by atoms with Crippen molar-refractivity contribution >= 4 is 34.1 Å². The number of fused-ring (bicyclic) bond motifs is 1. The monoisotopic (exact) mass is 326 g/mol. The fourth-order valence-corrected chi connectivity index (χ4v) is 2.55. The fraction of sp³-hybridized carbons (Fsp3) is 0.111. The van der Waals surface area contributed by atoms with Crippen molar-refractivity contribution in [2.24, 2.45) is 0 Å². The third kappa shape index (κ3) is 3.12. The number of carbonyl (C=O) groups is 1. The average molecular weight is 327 g/mol. The number of aryl methyl sites for hydroxylation is 1. The lowest BCUT2D eigenvalue weighted by atomic mass is 10.1. The Bertz CT molecular complexity index is 893. The molecule has 1 heterocycles. The van der Waals surface area contributed by atoms with Gasteiger partial charge in [0.2, 0.25) is 0 Å². The first kappa shape index (κ1) is 15.3. The first-order valence-electron chi connectivity index (χ1n) is 7.09. The summed E-state index contributed by atoms with van der Waals surface area (Å²) in [6, 6.07) is 12.5. The summed E-state index contributed by atoms with van der Waals surface area (Å²) in [4.78, 5) is 16.8. The smallest absolute Gasteiger partial charge is 0.255 e. The molecule has 5 heteroatoms. The highest BCUT2D eigenvalue weighted by atomic mass is 35.5. The summed E-state index contributed by atoms with van der Waals surface area (Å²) in [6.07, 6.45) is 1.64. The summed E-state index contributed by atoms with van der Waals surface area (Å²) in [7, 11) is 1.59. The Balaban J connectivity index is 1.94. The molecule has 0 spiro atoms. The van der Waals surface area contributed by atoms with Crippen molar-refractivity contribution in [3.63, 3.8) is 0 Å². The maximum atomic E-state index is 12.5. The number of pyridine rings is 1. The zero-order valence-electron chi connectivity index (χ0n) is 12.8. The lowest BCUT2D eigenvalue weighted by molar-refractivity contribution is 0.102. The van der Waals surface area contributed by atoms with Gasteiger partial charge in [-0.2, -0.15) is 0 Å². The molecule has 0 bridgehead atoms. The van der Waals surface area contributed by atoms with Gasteiger partial charge in [0.1, 0.15) is 5.75 Å². The van der Waals surface area contributed by atoms with E-state index in [1.807, 2.05) is 19.1 Å². The number of benzene rings is 2. The molecule has 0 saturated carbocycles. The Kier molecular flexibility index (Phi) is 4.17. The zero-order chi connectivity index (χ0) is 16.4. The van der Waals surface area contributed by atoms with Crippen LogP contribution < -0.4 is 10.1 Å². The van der Waals surface area contributed by atoms with Crippen molar-refractivity contribution < 1.29 is 9.53 Å². The maximum absolute atomic E-state index is 12.5. The number of rotatable bonds is 3. The molecule has 3 aromatic rings. The number of aromatic nitrogens is 1. The molecule has 0 aliphatic rings. The van der Waals surface area contributed by atoms with Gasteiger partial charge in [0.25, 0.3) is 5.91 Å². The topological polar surface area (TPSA) is 51.2 Å². The average Bonchev–Trinajstić information content (AvgIpc) is 2.55. The third-order valence-corrected chi connectivity index (χ3v) is 3.86. The Morgan fingerprint density at radius 2 is 2.00 bits per heavy atom. The van der Waals surface area contributed by atoms with Crippen LogP contribution >= 0.6 is 11.6 Å². The van der Waals surface area contributed by atoms with Crippen molar-refractivity contribution in [2.45, 2.75) is 6.92 Å². The Hall–Kier alpha value is -2.59. The third-order valence-electron chi connectivity index (χ3n) is 3.62. The number of hydrogen-bond donors (Lipinski definition) is 1. The molecule has 3 rings (SSSR count).